The summed E-state index contributed by atoms with van der Waals surface area (Å²) in [6.45, 7) is 7.95. The number of benzene rings is 1. The molecule has 0 aliphatic carbocycles. The predicted octanol–water partition coefficient (Wildman–Crippen LogP) is 3.12. The monoisotopic (exact) mass is 289 g/mol. The number of hydrogen-bond acceptors (Lipinski definition) is 4. The van der Waals surface area contributed by atoms with Crippen molar-refractivity contribution in [1.82, 2.24) is 15.2 Å². The summed E-state index contributed by atoms with van der Waals surface area (Å²) in [5, 5.41) is 4.70. The van der Waals surface area contributed by atoms with Crippen LogP contribution in [-0.2, 0) is 6.54 Å². The highest BCUT2D eigenvalue weighted by Crippen LogP contribution is 2.23. The fraction of sp³-hybridized carbons (Fsp3) is 0.562. The molecule has 2 heterocycles. The number of para-hydroxylation sites is 1. The molecule has 1 fully saturated rings. The number of nitrogens with zero attached hydrogens (tertiary/aromatic N) is 2. The van der Waals surface area contributed by atoms with Gasteiger partial charge in [-0.15, -0.1) is 11.3 Å². The highest BCUT2D eigenvalue weighted by molar-refractivity contribution is 7.18. The highest BCUT2D eigenvalue weighted by atomic mass is 32.1. The maximum Gasteiger partial charge on any atom is 0.108 e. The Labute approximate surface area is 125 Å². The van der Waals surface area contributed by atoms with Crippen LogP contribution in [0.5, 0.6) is 0 Å². The zero-order valence-corrected chi connectivity index (χ0v) is 13.0. The zero-order chi connectivity index (χ0) is 13.8. The Morgan fingerprint density at radius 1 is 1.30 bits per heavy atom. The Balaban J connectivity index is 1.64. The van der Waals surface area contributed by atoms with Gasteiger partial charge in [0.25, 0.3) is 0 Å². The van der Waals surface area contributed by atoms with Crippen LogP contribution in [-0.4, -0.2) is 36.1 Å². The lowest BCUT2D eigenvalue weighted by Gasteiger charge is -2.28. The molecular weight excluding hydrogens is 266 g/mol. The molecule has 1 aromatic carbocycles. The van der Waals surface area contributed by atoms with Crippen LogP contribution in [0.15, 0.2) is 24.3 Å². The summed E-state index contributed by atoms with van der Waals surface area (Å²) >= 11 is 1.84. The topological polar surface area (TPSA) is 28.2 Å². The maximum absolute atomic E-state index is 4.76. The third kappa shape index (κ3) is 3.37. The number of aromatic nitrogens is 1. The molecule has 3 rings (SSSR count). The number of nitrogens with one attached hydrogen (secondary N) is 1. The summed E-state index contributed by atoms with van der Waals surface area (Å²) in [4.78, 5) is 7.31. The normalized spacial score (nSPS) is 17.1. The first-order valence-corrected chi connectivity index (χ1v) is 8.44. The van der Waals surface area contributed by atoms with E-state index >= 15 is 0 Å². The second-order valence-corrected chi connectivity index (χ2v) is 6.71. The average Bonchev–Trinajstić information content (AvgIpc) is 2.90. The number of thiazole rings is 1. The van der Waals surface area contributed by atoms with Crippen molar-refractivity contribution in [2.75, 3.05) is 26.2 Å². The summed E-state index contributed by atoms with van der Waals surface area (Å²) in [6.07, 6.45) is 2.63. The number of hydrogen-bond donors (Lipinski definition) is 1. The van der Waals surface area contributed by atoms with E-state index in [0.717, 1.165) is 24.5 Å². The third-order valence-electron chi connectivity index (χ3n) is 4.12. The molecule has 0 amide bonds. The molecule has 0 bridgehead atoms. The second-order valence-electron chi connectivity index (χ2n) is 5.60. The number of piperidine rings is 1. The summed E-state index contributed by atoms with van der Waals surface area (Å²) in [7, 11) is 0. The van der Waals surface area contributed by atoms with Crippen molar-refractivity contribution in [2.45, 2.75) is 26.3 Å². The minimum Gasteiger partial charge on any atom is -0.317 e. The van der Waals surface area contributed by atoms with E-state index in [2.05, 4.69) is 41.4 Å². The number of rotatable bonds is 5. The van der Waals surface area contributed by atoms with Gasteiger partial charge in [0.2, 0.25) is 0 Å². The van der Waals surface area contributed by atoms with Crippen molar-refractivity contribution in [2.24, 2.45) is 5.92 Å². The first-order valence-electron chi connectivity index (χ1n) is 7.62. The molecule has 3 nitrogen and oxygen atoms in total. The number of fused-ring (bicyclic) bond motifs is 1. The molecule has 0 atom stereocenters. The van der Waals surface area contributed by atoms with E-state index in [-0.39, 0.29) is 0 Å². The van der Waals surface area contributed by atoms with Crippen LogP contribution in [0.25, 0.3) is 10.2 Å². The molecule has 0 spiro atoms. The zero-order valence-electron chi connectivity index (χ0n) is 12.1. The first kappa shape index (κ1) is 14.0. The summed E-state index contributed by atoms with van der Waals surface area (Å²) < 4.78 is 1.31. The fourth-order valence-corrected chi connectivity index (χ4v) is 3.92. The quantitative estimate of drug-likeness (QED) is 0.916. The molecule has 4 heteroatoms. The fourth-order valence-electron chi connectivity index (χ4n) is 2.91. The van der Waals surface area contributed by atoms with Crippen LogP contribution < -0.4 is 5.32 Å². The van der Waals surface area contributed by atoms with E-state index in [1.807, 2.05) is 11.3 Å². The second kappa shape index (κ2) is 6.66. The summed E-state index contributed by atoms with van der Waals surface area (Å²) in [5.74, 6) is 0.852. The molecule has 0 unspecified atom stereocenters. The van der Waals surface area contributed by atoms with Crippen LogP contribution in [0, 0.1) is 5.92 Å². The molecular formula is C16H23N3S. The SMILES string of the molecule is CCN(Cc1nc2ccccc2s1)CC1CCNCC1. The lowest BCUT2D eigenvalue weighted by molar-refractivity contribution is 0.207. The largest absolute Gasteiger partial charge is 0.317 e. The van der Waals surface area contributed by atoms with Gasteiger partial charge in [-0.1, -0.05) is 19.1 Å². The van der Waals surface area contributed by atoms with Crippen LogP contribution in [0.2, 0.25) is 0 Å². The van der Waals surface area contributed by atoms with Gasteiger partial charge in [-0.05, 0) is 50.5 Å². The molecule has 1 N–H and O–H groups in total. The molecule has 0 saturated carbocycles. The molecule has 1 aliphatic rings. The standard InChI is InChI=1S/C16H23N3S/c1-2-19(11-13-7-9-17-10-8-13)12-16-18-14-5-3-4-6-15(14)20-16/h3-6,13,17H,2,7-12H2,1H3. The van der Waals surface area contributed by atoms with Gasteiger partial charge in [0, 0.05) is 6.54 Å². The van der Waals surface area contributed by atoms with E-state index in [1.54, 1.807) is 0 Å². The van der Waals surface area contributed by atoms with Gasteiger partial charge < -0.3 is 5.32 Å². The van der Waals surface area contributed by atoms with Gasteiger partial charge in [0.05, 0.1) is 16.8 Å². The van der Waals surface area contributed by atoms with Crippen LogP contribution in [0.3, 0.4) is 0 Å². The van der Waals surface area contributed by atoms with Crippen molar-refractivity contribution in [3.8, 4) is 0 Å². The first-order chi connectivity index (χ1) is 9.85. The Morgan fingerprint density at radius 2 is 2.10 bits per heavy atom. The molecule has 108 valence electrons. The molecule has 0 radical (unpaired) electrons. The molecule has 1 aliphatic heterocycles. The minimum absolute atomic E-state index is 0.852. The lowest BCUT2D eigenvalue weighted by Crippen LogP contribution is -2.35. The highest BCUT2D eigenvalue weighted by Gasteiger charge is 2.17. The average molecular weight is 289 g/mol. The molecule has 1 aromatic heterocycles. The van der Waals surface area contributed by atoms with Gasteiger partial charge in [0.1, 0.15) is 5.01 Å². The van der Waals surface area contributed by atoms with Crippen LogP contribution in [0.4, 0.5) is 0 Å². The van der Waals surface area contributed by atoms with Crippen molar-refractivity contribution in [1.29, 1.82) is 0 Å². The van der Waals surface area contributed by atoms with Gasteiger partial charge in [-0.2, -0.15) is 0 Å². The Bertz CT molecular complexity index is 512. The molecule has 1 saturated heterocycles. The van der Waals surface area contributed by atoms with Gasteiger partial charge in [-0.3, -0.25) is 4.90 Å². The van der Waals surface area contributed by atoms with Gasteiger partial charge in [0.15, 0.2) is 0 Å². The van der Waals surface area contributed by atoms with Crippen molar-refractivity contribution < 1.29 is 0 Å². The van der Waals surface area contributed by atoms with Crippen molar-refractivity contribution in [3.05, 3.63) is 29.3 Å². The van der Waals surface area contributed by atoms with Crippen LogP contribution in [0.1, 0.15) is 24.8 Å². The summed E-state index contributed by atoms with van der Waals surface area (Å²) in [5.41, 5.74) is 1.14. The van der Waals surface area contributed by atoms with E-state index < -0.39 is 0 Å². The maximum atomic E-state index is 4.76. The Kier molecular flexibility index (Phi) is 4.65. The van der Waals surface area contributed by atoms with E-state index in [4.69, 9.17) is 4.98 Å². The van der Waals surface area contributed by atoms with Crippen molar-refractivity contribution >= 4 is 21.6 Å². The Hall–Kier alpha value is -0.970. The summed E-state index contributed by atoms with van der Waals surface area (Å²) in [6, 6.07) is 8.44. The predicted molar refractivity (Wildman–Crippen MR) is 86.2 cm³/mol. The third-order valence-corrected chi connectivity index (χ3v) is 5.14. The van der Waals surface area contributed by atoms with Gasteiger partial charge in [-0.25, -0.2) is 4.98 Å². The van der Waals surface area contributed by atoms with E-state index in [0.29, 0.717) is 0 Å². The van der Waals surface area contributed by atoms with Gasteiger partial charge >= 0.3 is 0 Å². The molecule has 2 aromatic rings. The van der Waals surface area contributed by atoms with Crippen LogP contribution >= 0.6 is 11.3 Å². The smallest absolute Gasteiger partial charge is 0.108 e. The lowest BCUT2D eigenvalue weighted by atomic mass is 9.97. The minimum atomic E-state index is 0.852. The van der Waals surface area contributed by atoms with Crippen molar-refractivity contribution in [3.63, 3.8) is 0 Å². The van der Waals surface area contributed by atoms with E-state index in [9.17, 15) is 0 Å². The Morgan fingerprint density at radius 3 is 2.85 bits per heavy atom. The molecule has 20 heavy (non-hydrogen) atoms. The van der Waals surface area contributed by atoms with E-state index in [1.165, 1.54) is 42.2 Å².